The summed E-state index contributed by atoms with van der Waals surface area (Å²) >= 11 is 2.05. The van der Waals surface area contributed by atoms with Crippen LogP contribution in [0, 0.1) is 0 Å². The maximum Gasteiger partial charge on any atom is 0.327 e. The van der Waals surface area contributed by atoms with E-state index in [1.165, 1.54) is 0 Å². The Bertz CT molecular complexity index is 331. The van der Waals surface area contributed by atoms with Gasteiger partial charge in [-0.2, -0.15) is 0 Å². The fourth-order valence-electron chi connectivity index (χ4n) is 1.12. The molecule has 15 heavy (non-hydrogen) atoms. The first-order chi connectivity index (χ1) is 6.73. The number of esters is 1. The van der Waals surface area contributed by atoms with Gasteiger partial charge < -0.3 is 10.5 Å². The van der Waals surface area contributed by atoms with Crippen molar-refractivity contribution in [3.05, 3.63) is 12.3 Å². The van der Waals surface area contributed by atoms with Crippen LogP contribution in [0.1, 0.15) is 27.2 Å². The first-order valence-electron chi connectivity index (χ1n) is 4.65. The van der Waals surface area contributed by atoms with E-state index < -0.39 is 9.02 Å². The number of hydrogen-bond acceptors (Lipinski definition) is 4. The van der Waals surface area contributed by atoms with Crippen LogP contribution in [0.2, 0.25) is 0 Å². The smallest absolute Gasteiger partial charge is 0.327 e. The van der Waals surface area contributed by atoms with E-state index in [1.807, 2.05) is 43.4 Å². The van der Waals surface area contributed by atoms with Crippen LogP contribution in [0.3, 0.4) is 0 Å². The van der Waals surface area contributed by atoms with E-state index >= 15 is 0 Å². The SMILES string of the molecule is CC(C)(C)OC(=O)C1(I)C=CN=C(N)C1. The number of ether oxygens (including phenoxy) is 1. The largest absolute Gasteiger partial charge is 0.459 e. The summed E-state index contributed by atoms with van der Waals surface area (Å²) in [6, 6.07) is 0. The second-order valence-electron chi connectivity index (χ2n) is 4.48. The van der Waals surface area contributed by atoms with Crippen molar-refractivity contribution in [2.75, 3.05) is 0 Å². The molecule has 4 nitrogen and oxygen atoms in total. The molecular weight excluding hydrogens is 307 g/mol. The van der Waals surface area contributed by atoms with Gasteiger partial charge in [-0.15, -0.1) is 0 Å². The van der Waals surface area contributed by atoms with Gasteiger partial charge in [0.15, 0.2) is 0 Å². The Morgan fingerprint density at radius 1 is 1.67 bits per heavy atom. The number of hydrogen-bond donors (Lipinski definition) is 1. The Morgan fingerprint density at radius 3 is 2.73 bits per heavy atom. The predicted octanol–water partition coefficient (Wildman–Crippen LogP) is 1.78. The topological polar surface area (TPSA) is 64.7 Å². The number of alkyl halides is 1. The van der Waals surface area contributed by atoms with E-state index in [9.17, 15) is 4.79 Å². The zero-order valence-electron chi connectivity index (χ0n) is 9.08. The van der Waals surface area contributed by atoms with Crippen LogP contribution in [0.4, 0.5) is 0 Å². The van der Waals surface area contributed by atoms with Crippen LogP contribution in [-0.4, -0.2) is 20.8 Å². The molecule has 0 aromatic heterocycles. The fourth-order valence-corrected chi connectivity index (χ4v) is 1.78. The van der Waals surface area contributed by atoms with Crippen LogP contribution in [-0.2, 0) is 9.53 Å². The van der Waals surface area contributed by atoms with Gasteiger partial charge in [-0.25, -0.2) is 4.99 Å². The molecular formula is C10H15IN2O2. The number of nitrogens with two attached hydrogens (primary N) is 1. The Labute approximate surface area is 103 Å². The third-order valence-electron chi connectivity index (χ3n) is 1.76. The highest BCUT2D eigenvalue weighted by atomic mass is 127. The zero-order chi connectivity index (χ0) is 11.7. The zero-order valence-corrected chi connectivity index (χ0v) is 11.2. The molecule has 5 heteroatoms. The van der Waals surface area contributed by atoms with Gasteiger partial charge in [0.1, 0.15) is 14.9 Å². The lowest BCUT2D eigenvalue weighted by molar-refractivity contribution is -0.155. The van der Waals surface area contributed by atoms with Crippen molar-refractivity contribution >= 4 is 34.4 Å². The van der Waals surface area contributed by atoms with Crippen LogP contribution >= 0.6 is 22.6 Å². The van der Waals surface area contributed by atoms with Crippen molar-refractivity contribution in [1.82, 2.24) is 0 Å². The number of aliphatic imine (C=N–C) groups is 1. The number of rotatable bonds is 1. The molecule has 0 aromatic carbocycles. The molecule has 0 spiro atoms. The molecule has 1 unspecified atom stereocenters. The predicted molar refractivity (Wildman–Crippen MR) is 68.0 cm³/mol. The van der Waals surface area contributed by atoms with Crippen LogP contribution in [0.15, 0.2) is 17.3 Å². The van der Waals surface area contributed by atoms with E-state index in [0.717, 1.165) is 0 Å². The fraction of sp³-hybridized carbons (Fsp3) is 0.600. The second-order valence-corrected chi connectivity index (χ2v) is 6.40. The minimum atomic E-state index is -0.711. The number of amidine groups is 1. The highest BCUT2D eigenvalue weighted by molar-refractivity contribution is 14.1. The lowest BCUT2D eigenvalue weighted by Crippen LogP contribution is -2.41. The van der Waals surface area contributed by atoms with E-state index in [-0.39, 0.29) is 5.97 Å². The molecule has 1 aliphatic rings. The standard InChI is InChI=1S/C10H15IN2O2/c1-9(2,3)15-8(14)10(11)4-5-13-7(12)6-10/h4-5H,6H2,1-3H3,(H2,12,13). The lowest BCUT2D eigenvalue weighted by atomic mass is 10.0. The molecule has 1 atom stereocenters. The minimum Gasteiger partial charge on any atom is -0.459 e. The molecule has 1 aliphatic heterocycles. The molecule has 2 N–H and O–H groups in total. The highest BCUT2D eigenvalue weighted by Gasteiger charge is 2.38. The van der Waals surface area contributed by atoms with Crippen molar-refractivity contribution in [2.24, 2.45) is 10.7 Å². The van der Waals surface area contributed by atoms with Crippen molar-refractivity contribution in [3.63, 3.8) is 0 Å². The van der Waals surface area contributed by atoms with Gasteiger partial charge in [0, 0.05) is 12.6 Å². The van der Waals surface area contributed by atoms with Crippen molar-refractivity contribution < 1.29 is 9.53 Å². The van der Waals surface area contributed by atoms with Crippen molar-refractivity contribution in [3.8, 4) is 0 Å². The summed E-state index contributed by atoms with van der Waals surface area (Å²) in [5.74, 6) is 0.183. The Hall–Kier alpha value is -0.590. The Kier molecular flexibility index (Phi) is 3.42. The summed E-state index contributed by atoms with van der Waals surface area (Å²) in [6.45, 7) is 5.53. The molecule has 0 radical (unpaired) electrons. The molecule has 0 aromatic rings. The first-order valence-corrected chi connectivity index (χ1v) is 5.73. The van der Waals surface area contributed by atoms with E-state index in [1.54, 1.807) is 12.3 Å². The van der Waals surface area contributed by atoms with Gasteiger partial charge in [0.25, 0.3) is 0 Å². The summed E-state index contributed by atoms with van der Waals surface area (Å²) in [6.07, 6.45) is 3.67. The Morgan fingerprint density at radius 2 is 2.27 bits per heavy atom. The number of nitrogens with zero attached hydrogens (tertiary/aromatic N) is 1. The van der Waals surface area contributed by atoms with Crippen LogP contribution in [0.25, 0.3) is 0 Å². The van der Waals surface area contributed by atoms with E-state index in [0.29, 0.717) is 12.3 Å². The molecule has 0 amide bonds. The van der Waals surface area contributed by atoms with Crippen molar-refractivity contribution in [1.29, 1.82) is 0 Å². The Balaban J connectivity index is 2.76. The number of carbonyl (C=O) groups is 1. The third kappa shape index (κ3) is 3.48. The van der Waals surface area contributed by atoms with Crippen LogP contribution in [0.5, 0.6) is 0 Å². The van der Waals surface area contributed by atoms with Gasteiger partial charge in [-0.05, 0) is 26.8 Å². The van der Waals surface area contributed by atoms with Gasteiger partial charge >= 0.3 is 5.97 Å². The quantitative estimate of drug-likeness (QED) is 0.455. The molecule has 1 rings (SSSR count). The summed E-state index contributed by atoms with van der Waals surface area (Å²) in [7, 11) is 0. The summed E-state index contributed by atoms with van der Waals surface area (Å²) < 4.78 is 4.61. The number of carbonyl (C=O) groups excluding carboxylic acids is 1. The average Bonchev–Trinajstić information content (AvgIpc) is 2.00. The molecule has 0 saturated carbocycles. The maximum atomic E-state index is 11.9. The molecule has 0 aliphatic carbocycles. The summed E-state index contributed by atoms with van der Waals surface area (Å²) in [5.41, 5.74) is 5.12. The molecule has 0 bridgehead atoms. The molecule has 0 fully saturated rings. The minimum absolute atomic E-state index is 0.273. The average molecular weight is 322 g/mol. The van der Waals surface area contributed by atoms with Gasteiger partial charge in [0.2, 0.25) is 0 Å². The normalized spacial score (nSPS) is 26.0. The number of halogens is 1. The monoisotopic (exact) mass is 322 g/mol. The van der Waals surface area contributed by atoms with Gasteiger partial charge in [0.05, 0.1) is 0 Å². The highest BCUT2D eigenvalue weighted by Crippen LogP contribution is 2.31. The summed E-state index contributed by atoms with van der Waals surface area (Å²) in [4.78, 5) is 15.8. The van der Waals surface area contributed by atoms with E-state index in [2.05, 4.69) is 4.99 Å². The van der Waals surface area contributed by atoms with Gasteiger partial charge in [-0.3, -0.25) is 4.79 Å². The molecule has 84 valence electrons. The van der Waals surface area contributed by atoms with Crippen molar-refractivity contribution in [2.45, 2.75) is 36.2 Å². The summed E-state index contributed by atoms with van der Waals surface area (Å²) in [5, 5.41) is 0. The van der Waals surface area contributed by atoms with E-state index in [4.69, 9.17) is 10.5 Å². The van der Waals surface area contributed by atoms with Crippen LogP contribution < -0.4 is 5.73 Å². The molecule has 1 heterocycles. The van der Waals surface area contributed by atoms with Gasteiger partial charge in [-0.1, -0.05) is 22.6 Å². The first kappa shape index (κ1) is 12.5. The lowest BCUT2D eigenvalue weighted by Gasteiger charge is -2.28. The maximum absolute atomic E-state index is 11.9. The second kappa shape index (κ2) is 4.11. The molecule has 0 saturated heterocycles. The third-order valence-corrected chi connectivity index (χ3v) is 2.94.